The maximum absolute atomic E-state index is 12.1. The molecule has 164 valence electrons. The number of carbonyl (C=O) groups is 1. The number of hydrogen-bond acceptors (Lipinski definition) is 4. The van der Waals surface area contributed by atoms with Crippen molar-refractivity contribution in [1.29, 1.82) is 0 Å². The van der Waals surface area contributed by atoms with Crippen molar-refractivity contribution in [3.05, 3.63) is 59.3 Å². The Kier molecular flexibility index (Phi) is 9.01. The monoisotopic (exact) mass is 597 g/mol. The summed E-state index contributed by atoms with van der Waals surface area (Å²) in [6.45, 7) is 3.03. The van der Waals surface area contributed by atoms with Crippen LogP contribution >= 0.6 is 0 Å². The number of aromatic nitrogens is 2. The van der Waals surface area contributed by atoms with E-state index in [9.17, 15) is 18.7 Å². The van der Waals surface area contributed by atoms with Crippen molar-refractivity contribution < 1.29 is 39.7 Å². The summed E-state index contributed by atoms with van der Waals surface area (Å²) in [5.74, 6) is -2.27. The van der Waals surface area contributed by atoms with Crippen LogP contribution in [0.3, 0.4) is 0 Å². The Morgan fingerprint density at radius 1 is 1.19 bits per heavy atom. The van der Waals surface area contributed by atoms with E-state index in [1.165, 1.54) is 6.20 Å². The molecule has 1 aliphatic heterocycles. The van der Waals surface area contributed by atoms with Gasteiger partial charge in [0.15, 0.2) is 0 Å². The summed E-state index contributed by atoms with van der Waals surface area (Å²) in [5.41, 5.74) is 4.51. The summed E-state index contributed by atoms with van der Waals surface area (Å²) < 4.78 is 24.3. The molecule has 2 aromatic heterocycles. The third-order valence-electron chi connectivity index (χ3n) is 4.85. The topological polar surface area (TPSA) is 89.2 Å². The molecular formula is C22H23F2N4O2W-. The van der Waals surface area contributed by atoms with Gasteiger partial charge in [0.05, 0.1) is 11.7 Å². The van der Waals surface area contributed by atoms with E-state index in [0.29, 0.717) is 26.0 Å². The van der Waals surface area contributed by atoms with Gasteiger partial charge in [0.25, 0.3) is 0 Å². The van der Waals surface area contributed by atoms with E-state index in [4.69, 9.17) is 0 Å². The number of fused-ring (bicyclic) bond motifs is 1. The molecule has 0 bridgehead atoms. The van der Waals surface area contributed by atoms with Crippen molar-refractivity contribution in [2.45, 2.75) is 32.2 Å². The number of carbonyl (C=O) groups excluding carboxylic acids is 1. The van der Waals surface area contributed by atoms with Crippen LogP contribution in [0.1, 0.15) is 24.1 Å². The fourth-order valence-electron chi connectivity index (χ4n) is 3.16. The van der Waals surface area contributed by atoms with Gasteiger partial charge in [-0.1, -0.05) is 18.2 Å². The van der Waals surface area contributed by atoms with Gasteiger partial charge in [-0.3, -0.25) is 14.8 Å². The average molecular weight is 597 g/mol. The van der Waals surface area contributed by atoms with E-state index < -0.39 is 5.92 Å². The van der Waals surface area contributed by atoms with E-state index in [-0.39, 0.29) is 39.7 Å². The second-order valence-corrected chi connectivity index (χ2v) is 7.06. The molecule has 4 rings (SSSR count). The molecule has 0 spiro atoms. The summed E-state index contributed by atoms with van der Waals surface area (Å²) in [6, 6.07) is 9.48. The third kappa shape index (κ3) is 6.77. The number of benzene rings is 1. The number of hydrogen-bond donors (Lipinski definition) is 2. The molecule has 1 aromatic carbocycles. The van der Waals surface area contributed by atoms with Gasteiger partial charge in [-0.25, -0.2) is 8.78 Å². The Morgan fingerprint density at radius 2 is 1.94 bits per heavy atom. The zero-order valence-corrected chi connectivity index (χ0v) is 19.9. The molecular weight excluding hydrogens is 574 g/mol. The number of nitrogens with one attached hydrogen (secondary N) is 1. The second kappa shape index (κ2) is 11.3. The molecule has 0 saturated carbocycles. The quantitative estimate of drug-likeness (QED) is 0.439. The minimum atomic E-state index is -2.41. The van der Waals surface area contributed by atoms with Crippen LogP contribution in [0.5, 0.6) is 5.75 Å². The number of alkyl halides is 2. The Balaban J connectivity index is 0.000000322. The SMILES string of the molecule is Cc1ncc(-c2cccc3cc(O)cnc23)cc1CNC=O.FC1(F)CC[N-]CC1.[W]. The van der Waals surface area contributed by atoms with Gasteiger partial charge < -0.3 is 15.7 Å². The van der Waals surface area contributed by atoms with Crippen LogP contribution in [0.4, 0.5) is 8.78 Å². The number of nitrogens with zero attached hydrogens (tertiary/aromatic N) is 3. The Labute approximate surface area is 193 Å². The number of para-hydroxylation sites is 1. The number of amides is 1. The maximum atomic E-state index is 12.1. The fraction of sp³-hybridized carbons (Fsp3) is 0.318. The molecule has 3 aromatic rings. The summed E-state index contributed by atoms with van der Waals surface area (Å²) in [4.78, 5) is 19.2. The third-order valence-corrected chi connectivity index (χ3v) is 4.85. The Morgan fingerprint density at radius 3 is 2.58 bits per heavy atom. The molecule has 1 fully saturated rings. The van der Waals surface area contributed by atoms with Gasteiger partial charge in [0, 0.05) is 56.0 Å². The van der Waals surface area contributed by atoms with E-state index in [0.717, 1.165) is 33.3 Å². The van der Waals surface area contributed by atoms with Crippen LogP contribution in [-0.4, -0.2) is 40.5 Å². The largest absolute Gasteiger partial charge is 0.662 e. The van der Waals surface area contributed by atoms with Gasteiger partial charge in [-0.2, -0.15) is 0 Å². The van der Waals surface area contributed by atoms with Crippen LogP contribution < -0.4 is 5.32 Å². The molecule has 1 amide bonds. The van der Waals surface area contributed by atoms with E-state index >= 15 is 0 Å². The first-order chi connectivity index (χ1) is 14.4. The van der Waals surface area contributed by atoms with Crippen LogP contribution in [0.25, 0.3) is 27.3 Å². The predicted molar refractivity (Wildman–Crippen MR) is 112 cm³/mol. The van der Waals surface area contributed by atoms with Crippen molar-refractivity contribution in [1.82, 2.24) is 15.3 Å². The number of aromatic hydroxyl groups is 1. The number of rotatable bonds is 4. The van der Waals surface area contributed by atoms with Crippen LogP contribution in [0.15, 0.2) is 42.7 Å². The number of aryl methyl sites for hydroxylation is 1. The van der Waals surface area contributed by atoms with Crippen LogP contribution in [-0.2, 0) is 32.4 Å². The second-order valence-electron chi connectivity index (χ2n) is 7.06. The van der Waals surface area contributed by atoms with E-state index in [2.05, 4.69) is 20.6 Å². The molecule has 2 N–H and O–H groups in total. The predicted octanol–water partition coefficient (Wildman–Crippen LogP) is 4.34. The van der Waals surface area contributed by atoms with Gasteiger partial charge in [0.1, 0.15) is 5.75 Å². The average Bonchev–Trinajstić information content (AvgIpc) is 2.73. The summed E-state index contributed by atoms with van der Waals surface area (Å²) in [7, 11) is 0. The van der Waals surface area contributed by atoms with Gasteiger partial charge in [0.2, 0.25) is 12.3 Å². The van der Waals surface area contributed by atoms with Crippen molar-refractivity contribution in [3.63, 3.8) is 0 Å². The first-order valence-corrected chi connectivity index (χ1v) is 9.61. The smallest absolute Gasteiger partial charge is 0.244 e. The molecule has 0 unspecified atom stereocenters. The molecule has 0 atom stereocenters. The Bertz CT molecular complexity index is 1030. The molecule has 9 heteroatoms. The Hall–Kier alpha value is -2.44. The first-order valence-electron chi connectivity index (χ1n) is 9.61. The van der Waals surface area contributed by atoms with Gasteiger partial charge >= 0.3 is 0 Å². The standard InChI is InChI=1S/C17H15N3O2.C5H8F2N.W/c1-11-13(7-18-10-21)5-14(8-19-11)16-4-2-3-12-6-15(22)9-20-17(12)16;6-5(7)1-3-8-4-2-5;/h2-6,8-10,22H,7H2,1H3,(H,18,21);1-4H2;/q;-1;. The molecule has 3 heterocycles. The van der Waals surface area contributed by atoms with Gasteiger partial charge in [-0.05, 0) is 37.5 Å². The maximum Gasteiger partial charge on any atom is 0.244 e. The molecule has 6 nitrogen and oxygen atoms in total. The summed E-state index contributed by atoms with van der Waals surface area (Å²) >= 11 is 0. The molecule has 0 radical (unpaired) electrons. The molecule has 31 heavy (non-hydrogen) atoms. The normalized spacial score (nSPS) is 14.7. The minimum Gasteiger partial charge on any atom is -0.662 e. The molecule has 0 aliphatic carbocycles. The fourth-order valence-corrected chi connectivity index (χ4v) is 3.16. The number of piperidine rings is 1. The molecule has 1 aliphatic rings. The van der Waals surface area contributed by atoms with Crippen molar-refractivity contribution in [2.75, 3.05) is 13.1 Å². The van der Waals surface area contributed by atoms with E-state index in [1.807, 2.05) is 31.2 Å². The minimum absolute atomic E-state index is 0. The first kappa shape index (κ1) is 24.8. The summed E-state index contributed by atoms with van der Waals surface area (Å²) in [6.07, 6.45) is 3.81. The zero-order chi connectivity index (χ0) is 21.6. The number of halogens is 2. The van der Waals surface area contributed by atoms with Gasteiger partial charge in [-0.15, -0.1) is 13.1 Å². The van der Waals surface area contributed by atoms with Crippen LogP contribution in [0.2, 0.25) is 0 Å². The molecule has 1 saturated heterocycles. The van der Waals surface area contributed by atoms with E-state index in [1.54, 1.807) is 12.3 Å². The number of pyridine rings is 2. The van der Waals surface area contributed by atoms with Crippen molar-refractivity contribution in [3.8, 4) is 16.9 Å². The van der Waals surface area contributed by atoms with Crippen molar-refractivity contribution in [2.24, 2.45) is 0 Å². The summed E-state index contributed by atoms with van der Waals surface area (Å²) in [5, 5.41) is 16.9. The van der Waals surface area contributed by atoms with Crippen molar-refractivity contribution >= 4 is 17.3 Å². The zero-order valence-electron chi connectivity index (χ0n) is 17.0. The van der Waals surface area contributed by atoms with Crippen LogP contribution in [0, 0.1) is 6.92 Å².